The van der Waals surface area contributed by atoms with Gasteiger partial charge in [-0.25, -0.2) is 9.97 Å². The Balaban J connectivity index is 1.24. The Labute approximate surface area is 267 Å². The van der Waals surface area contributed by atoms with Crippen LogP contribution < -0.4 is 0 Å². The SMILES string of the molecule is CC1(C)c2ccccc2C2(c3ccccc3Sc3ccccc32)c2ccc(-c3ccc(-c4ncc5ccccc5n4)cc3)cc21. The second kappa shape index (κ2) is 9.76. The Bertz CT molecular complexity index is 2240. The first-order valence-electron chi connectivity index (χ1n) is 15.5. The van der Waals surface area contributed by atoms with Crippen LogP contribution in [0.3, 0.4) is 0 Å². The summed E-state index contributed by atoms with van der Waals surface area (Å²) in [5.74, 6) is 0.748. The topological polar surface area (TPSA) is 25.8 Å². The molecule has 3 heteroatoms. The fraction of sp³-hybridized carbons (Fsp3) is 0.0952. The van der Waals surface area contributed by atoms with E-state index in [9.17, 15) is 0 Å². The molecule has 0 bridgehead atoms. The lowest BCUT2D eigenvalue weighted by atomic mass is 9.54. The number of fused-ring (bicyclic) bond motifs is 9. The Morgan fingerprint density at radius 1 is 0.489 bits per heavy atom. The van der Waals surface area contributed by atoms with E-state index in [2.05, 4.69) is 134 Å². The first kappa shape index (κ1) is 26.4. The first-order chi connectivity index (χ1) is 22.0. The lowest BCUT2D eigenvalue weighted by Crippen LogP contribution is -2.43. The van der Waals surface area contributed by atoms with Crippen LogP contribution in [0.4, 0.5) is 0 Å². The smallest absolute Gasteiger partial charge is 0.159 e. The highest BCUT2D eigenvalue weighted by atomic mass is 32.2. The van der Waals surface area contributed by atoms with E-state index >= 15 is 0 Å². The average Bonchev–Trinajstić information content (AvgIpc) is 3.10. The molecule has 45 heavy (non-hydrogen) atoms. The fourth-order valence-corrected chi connectivity index (χ4v) is 8.90. The van der Waals surface area contributed by atoms with Gasteiger partial charge in [-0.05, 0) is 68.8 Å². The van der Waals surface area contributed by atoms with Gasteiger partial charge in [0.2, 0.25) is 0 Å². The summed E-state index contributed by atoms with van der Waals surface area (Å²) in [5, 5.41) is 1.05. The van der Waals surface area contributed by atoms with Gasteiger partial charge in [-0.15, -0.1) is 0 Å². The molecule has 0 unspecified atom stereocenters. The van der Waals surface area contributed by atoms with E-state index in [0.717, 1.165) is 22.3 Å². The van der Waals surface area contributed by atoms with E-state index in [0.29, 0.717) is 0 Å². The van der Waals surface area contributed by atoms with Gasteiger partial charge in [0, 0.05) is 32.4 Å². The molecular weight excluding hydrogens is 565 g/mol. The highest BCUT2D eigenvalue weighted by Crippen LogP contribution is 2.61. The summed E-state index contributed by atoms with van der Waals surface area (Å²) in [6.45, 7) is 4.77. The molecule has 7 aromatic rings. The van der Waals surface area contributed by atoms with Crippen LogP contribution in [0.15, 0.2) is 156 Å². The van der Waals surface area contributed by atoms with Crippen LogP contribution in [-0.4, -0.2) is 9.97 Å². The zero-order valence-corrected chi connectivity index (χ0v) is 26.0. The van der Waals surface area contributed by atoms with Crippen LogP contribution >= 0.6 is 11.8 Å². The van der Waals surface area contributed by atoms with Crippen molar-refractivity contribution in [2.45, 2.75) is 34.5 Å². The molecule has 6 aromatic carbocycles. The lowest BCUT2D eigenvalue weighted by molar-refractivity contribution is 0.549. The molecule has 0 saturated heterocycles. The summed E-state index contributed by atoms with van der Waals surface area (Å²) in [7, 11) is 0. The number of rotatable bonds is 2. The second-order valence-electron chi connectivity index (χ2n) is 12.6. The van der Waals surface area contributed by atoms with Crippen molar-refractivity contribution in [2.24, 2.45) is 0 Å². The number of hydrogen-bond acceptors (Lipinski definition) is 3. The van der Waals surface area contributed by atoms with Crippen LogP contribution in [-0.2, 0) is 10.8 Å². The molecule has 1 spiro atoms. The summed E-state index contributed by atoms with van der Waals surface area (Å²) in [4.78, 5) is 12.1. The Morgan fingerprint density at radius 2 is 1.04 bits per heavy atom. The first-order valence-corrected chi connectivity index (χ1v) is 16.3. The largest absolute Gasteiger partial charge is 0.236 e. The Morgan fingerprint density at radius 3 is 1.78 bits per heavy atom. The van der Waals surface area contributed by atoms with Gasteiger partial charge in [-0.2, -0.15) is 0 Å². The van der Waals surface area contributed by atoms with Gasteiger partial charge in [0.1, 0.15) is 0 Å². The molecule has 214 valence electrons. The van der Waals surface area contributed by atoms with Crippen molar-refractivity contribution in [3.63, 3.8) is 0 Å². The van der Waals surface area contributed by atoms with Gasteiger partial charge in [-0.3, -0.25) is 0 Å². The van der Waals surface area contributed by atoms with Crippen molar-refractivity contribution in [1.82, 2.24) is 9.97 Å². The molecule has 2 heterocycles. The van der Waals surface area contributed by atoms with E-state index in [-0.39, 0.29) is 5.41 Å². The number of hydrogen-bond donors (Lipinski definition) is 0. The molecule has 0 amide bonds. The molecule has 1 aromatic heterocycles. The van der Waals surface area contributed by atoms with Crippen molar-refractivity contribution in [1.29, 1.82) is 0 Å². The summed E-state index contributed by atoms with van der Waals surface area (Å²) >= 11 is 1.89. The normalized spacial score (nSPS) is 15.2. The molecule has 2 aliphatic rings. The summed E-state index contributed by atoms with van der Waals surface area (Å²) in [5.41, 5.74) is 12.1. The number of para-hydroxylation sites is 1. The predicted molar refractivity (Wildman–Crippen MR) is 185 cm³/mol. The lowest BCUT2D eigenvalue weighted by Gasteiger charge is -2.50. The maximum Gasteiger partial charge on any atom is 0.159 e. The Hall–Kier alpha value is -4.99. The molecule has 0 atom stereocenters. The van der Waals surface area contributed by atoms with Crippen LogP contribution in [0.25, 0.3) is 33.4 Å². The third-order valence-electron chi connectivity index (χ3n) is 9.87. The van der Waals surface area contributed by atoms with E-state index in [1.54, 1.807) is 0 Å². The summed E-state index contributed by atoms with van der Waals surface area (Å²) < 4.78 is 0. The number of benzene rings is 6. The molecule has 2 nitrogen and oxygen atoms in total. The van der Waals surface area contributed by atoms with Crippen molar-refractivity contribution >= 4 is 22.7 Å². The maximum atomic E-state index is 4.82. The van der Waals surface area contributed by atoms with E-state index in [4.69, 9.17) is 4.98 Å². The monoisotopic (exact) mass is 594 g/mol. The zero-order chi connectivity index (χ0) is 30.2. The zero-order valence-electron chi connectivity index (χ0n) is 25.2. The number of nitrogens with zero attached hydrogens (tertiary/aromatic N) is 2. The van der Waals surface area contributed by atoms with Crippen LogP contribution in [0.2, 0.25) is 0 Å². The van der Waals surface area contributed by atoms with Crippen molar-refractivity contribution in [3.8, 4) is 22.5 Å². The Kier molecular flexibility index (Phi) is 5.73. The average molecular weight is 595 g/mol. The van der Waals surface area contributed by atoms with Gasteiger partial charge < -0.3 is 0 Å². The van der Waals surface area contributed by atoms with Gasteiger partial charge >= 0.3 is 0 Å². The molecule has 1 aliphatic carbocycles. The second-order valence-corrected chi connectivity index (χ2v) is 13.7. The van der Waals surface area contributed by atoms with Crippen LogP contribution in [0.1, 0.15) is 47.2 Å². The maximum absolute atomic E-state index is 4.82. The predicted octanol–water partition coefficient (Wildman–Crippen LogP) is 10.5. The summed E-state index contributed by atoms with van der Waals surface area (Å²) in [6, 6.07) is 51.1. The highest BCUT2D eigenvalue weighted by Gasteiger charge is 2.52. The van der Waals surface area contributed by atoms with Gasteiger partial charge in [0.25, 0.3) is 0 Å². The molecule has 0 radical (unpaired) electrons. The number of aromatic nitrogens is 2. The van der Waals surface area contributed by atoms with Gasteiger partial charge in [0.05, 0.1) is 10.9 Å². The minimum atomic E-state index is -0.393. The van der Waals surface area contributed by atoms with Crippen molar-refractivity contribution in [2.75, 3.05) is 0 Å². The highest BCUT2D eigenvalue weighted by molar-refractivity contribution is 7.99. The standard InChI is InChI=1S/C42H30N2S/c1-41(2)31-12-4-5-13-32(31)42(34-14-6-9-17-38(34)45-39-18-10-7-15-35(39)42)33-24-23-29(25-36(33)41)27-19-21-28(22-20-27)40-43-26-30-11-3-8-16-37(30)44-40/h3-26H,1-2H3. The van der Waals surface area contributed by atoms with Crippen LogP contribution in [0.5, 0.6) is 0 Å². The molecule has 0 fully saturated rings. The van der Waals surface area contributed by atoms with Gasteiger partial charge in [-0.1, -0.05) is 141 Å². The minimum Gasteiger partial charge on any atom is -0.236 e. The quantitative estimate of drug-likeness (QED) is 0.199. The van der Waals surface area contributed by atoms with E-state index < -0.39 is 5.41 Å². The third kappa shape index (κ3) is 3.77. The third-order valence-corrected chi connectivity index (χ3v) is 11.0. The fourth-order valence-electron chi connectivity index (χ4n) is 7.71. The van der Waals surface area contributed by atoms with E-state index in [1.165, 1.54) is 54.3 Å². The molecule has 0 N–H and O–H groups in total. The molecule has 1 aliphatic heterocycles. The minimum absolute atomic E-state index is 0.180. The van der Waals surface area contributed by atoms with Crippen molar-refractivity contribution < 1.29 is 0 Å². The molecule has 0 saturated carbocycles. The van der Waals surface area contributed by atoms with Crippen LogP contribution in [0, 0.1) is 0 Å². The van der Waals surface area contributed by atoms with Crippen molar-refractivity contribution in [3.05, 3.63) is 179 Å². The van der Waals surface area contributed by atoms with E-state index in [1.807, 2.05) is 42.2 Å². The molecular formula is C42H30N2S. The summed E-state index contributed by atoms with van der Waals surface area (Å²) in [6.07, 6.45) is 1.91. The molecule has 9 rings (SSSR count). The van der Waals surface area contributed by atoms with Gasteiger partial charge in [0.15, 0.2) is 5.82 Å².